The lowest BCUT2D eigenvalue weighted by Crippen LogP contribution is -2.51. The molecule has 0 N–H and O–H groups in total. The Morgan fingerprint density at radius 2 is 1.68 bits per heavy atom. The van der Waals surface area contributed by atoms with E-state index in [9.17, 15) is 9.59 Å². The van der Waals surface area contributed by atoms with Crippen LogP contribution in [-0.4, -0.2) is 30.6 Å². The van der Waals surface area contributed by atoms with Gasteiger partial charge in [0.05, 0.1) is 6.10 Å². The number of carbonyl (C=O) groups excluding carboxylic acids is 2. The summed E-state index contributed by atoms with van der Waals surface area (Å²) in [5.41, 5.74) is 1.39. The zero-order valence-electron chi connectivity index (χ0n) is 16.3. The van der Waals surface area contributed by atoms with Crippen molar-refractivity contribution in [2.24, 2.45) is 0 Å². The van der Waals surface area contributed by atoms with Crippen LogP contribution in [0.25, 0.3) is 0 Å². The Balaban J connectivity index is 1.89. The minimum atomic E-state index is -0.814. The third-order valence-electron chi connectivity index (χ3n) is 5.38. The van der Waals surface area contributed by atoms with Crippen LogP contribution in [0.15, 0.2) is 49.6 Å². The minimum absolute atomic E-state index is 0.324. The van der Waals surface area contributed by atoms with Gasteiger partial charge in [0.25, 0.3) is 0 Å². The smallest absolute Gasteiger partial charge is 0.332 e. The number of ether oxygens (including phenoxy) is 4. The maximum Gasteiger partial charge on any atom is 0.332 e. The Bertz CT molecular complexity index is 755. The van der Waals surface area contributed by atoms with E-state index in [-0.39, 0.29) is 6.10 Å². The molecule has 28 heavy (non-hydrogen) atoms. The fraction of sp³-hybridized carbons (Fsp3) is 0.455. The number of benzene rings is 1. The molecule has 6 rings (SSSR count). The van der Waals surface area contributed by atoms with E-state index in [4.69, 9.17) is 18.9 Å². The Kier molecular flexibility index (Phi) is 6.01. The number of carbonyl (C=O) groups is 2. The second kappa shape index (κ2) is 8.29. The Morgan fingerprint density at radius 3 is 2.29 bits per heavy atom. The molecule has 0 aromatic heterocycles. The van der Waals surface area contributed by atoms with E-state index >= 15 is 0 Å². The van der Waals surface area contributed by atoms with Gasteiger partial charge in [-0.15, -0.1) is 0 Å². The van der Waals surface area contributed by atoms with Crippen LogP contribution in [0.3, 0.4) is 0 Å². The van der Waals surface area contributed by atoms with E-state index in [0.29, 0.717) is 18.8 Å². The highest BCUT2D eigenvalue weighted by Crippen LogP contribution is 2.50. The van der Waals surface area contributed by atoms with Gasteiger partial charge in [-0.2, -0.15) is 0 Å². The molecular formula is C22H26O6. The standard InChI is InChI=1S/C22H26O6/c1-5-20(23)26-14(3)25-19-13-17-11-12-22(19,18-9-7-16(17)8-10-18)28-15(4)27-21(24)6-2/h5-10,14-15,17,19H,1-2,11-13H2,3-4H3. The van der Waals surface area contributed by atoms with E-state index in [1.54, 1.807) is 13.8 Å². The van der Waals surface area contributed by atoms with Gasteiger partial charge >= 0.3 is 11.9 Å². The van der Waals surface area contributed by atoms with Crippen molar-refractivity contribution in [3.8, 4) is 0 Å². The predicted molar refractivity (Wildman–Crippen MR) is 102 cm³/mol. The molecule has 6 nitrogen and oxygen atoms in total. The molecule has 5 aliphatic carbocycles. The van der Waals surface area contributed by atoms with Gasteiger partial charge in [-0.3, -0.25) is 0 Å². The molecular weight excluding hydrogens is 360 g/mol. The Morgan fingerprint density at radius 1 is 1.07 bits per heavy atom. The molecule has 0 saturated heterocycles. The second-order valence-electron chi connectivity index (χ2n) is 7.14. The number of hydrogen-bond acceptors (Lipinski definition) is 6. The molecule has 5 unspecified atom stereocenters. The topological polar surface area (TPSA) is 71.1 Å². The summed E-state index contributed by atoms with van der Waals surface area (Å²) in [4.78, 5) is 23.1. The normalized spacial score (nSPS) is 27.2. The van der Waals surface area contributed by atoms with Crippen molar-refractivity contribution in [3.05, 3.63) is 60.7 Å². The molecule has 0 radical (unpaired) electrons. The third kappa shape index (κ3) is 4.03. The van der Waals surface area contributed by atoms with Gasteiger partial charge in [-0.05, 0) is 50.2 Å². The molecule has 6 heteroatoms. The lowest BCUT2D eigenvalue weighted by molar-refractivity contribution is -0.275. The average molecular weight is 386 g/mol. The molecule has 1 fully saturated rings. The largest absolute Gasteiger partial charge is 0.433 e. The molecule has 1 saturated carbocycles. The first-order valence-corrected chi connectivity index (χ1v) is 9.47. The summed E-state index contributed by atoms with van der Waals surface area (Å²) in [7, 11) is 0. The molecule has 150 valence electrons. The zero-order chi connectivity index (χ0) is 20.3. The van der Waals surface area contributed by atoms with Crippen LogP contribution in [0, 0.1) is 0 Å². The molecule has 1 aromatic rings. The van der Waals surface area contributed by atoms with Gasteiger partial charge in [-0.1, -0.05) is 37.4 Å². The van der Waals surface area contributed by atoms with Gasteiger partial charge in [-0.25, -0.2) is 9.59 Å². The van der Waals surface area contributed by atoms with Crippen LogP contribution in [0.1, 0.15) is 50.2 Å². The fourth-order valence-electron chi connectivity index (χ4n) is 4.16. The number of rotatable bonds is 8. The molecule has 4 bridgehead atoms. The Labute approximate surface area is 165 Å². The van der Waals surface area contributed by atoms with E-state index in [2.05, 4.69) is 25.3 Å². The van der Waals surface area contributed by atoms with Crippen LogP contribution in [-0.2, 0) is 34.1 Å². The van der Waals surface area contributed by atoms with Gasteiger partial charge in [0.1, 0.15) is 5.60 Å². The lowest BCUT2D eigenvalue weighted by atomic mass is 9.68. The molecule has 5 aliphatic rings. The first-order chi connectivity index (χ1) is 13.4. The van der Waals surface area contributed by atoms with Crippen LogP contribution in [0.5, 0.6) is 0 Å². The summed E-state index contributed by atoms with van der Waals surface area (Å²) in [5.74, 6) is -0.774. The lowest BCUT2D eigenvalue weighted by Gasteiger charge is -2.49. The molecule has 0 heterocycles. The van der Waals surface area contributed by atoms with Crippen LogP contribution < -0.4 is 0 Å². The van der Waals surface area contributed by atoms with Crippen molar-refractivity contribution in [1.29, 1.82) is 0 Å². The monoisotopic (exact) mass is 386 g/mol. The van der Waals surface area contributed by atoms with E-state index in [1.165, 1.54) is 5.56 Å². The highest BCUT2D eigenvalue weighted by atomic mass is 16.7. The number of hydrogen-bond donors (Lipinski definition) is 0. The second-order valence-corrected chi connectivity index (χ2v) is 7.14. The summed E-state index contributed by atoms with van der Waals surface area (Å²) < 4.78 is 22.9. The van der Waals surface area contributed by atoms with Crippen LogP contribution in [0.2, 0.25) is 0 Å². The summed E-state index contributed by atoms with van der Waals surface area (Å²) >= 11 is 0. The van der Waals surface area contributed by atoms with Gasteiger partial charge in [0, 0.05) is 12.2 Å². The molecule has 0 amide bonds. The molecule has 5 atom stereocenters. The summed E-state index contributed by atoms with van der Waals surface area (Å²) in [6.45, 7) is 10.2. The van der Waals surface area contributed by atoms with Gasteiger partial charge in [0.2, 0.25) is 12.6 Å². The highest BCUT2D eigenvalue weighted by molar-refractivity contribution is 5.81. The Hall–Kier alpha value is -2.44. The van der Waals surface area contributed by atoms with Crippen molar-refractivity contribution in [3.63, 3.8) is 0 Å². The third-order valence-corrected chi connectivity index (χ3v) is 5.38. The fourth-order valence-corrected chi connectivity index (χ4v) is 4.16. The summed E-state index contributed by atoms with van der Waals surface area (Å²) in [6.07, 6.45) is 2.62. The maximum atomic E-state index is 11.6. The first kappa shape index (κ1) is 20.3. The molecule has 1 aromatic carbocycles. The van der Waals surface area contributed by atoms with E-state index in [1.807, 2.05) is 12.1 Å². The predicted octanol–water partition coefficient (Wildman–Crippen LogP) is 3.72. The van der Waals surface area contributed by atoms with Crippen molar-refractivity contribution in [1.82, 2.24) is 0 Å². The van der Waals surface area contributed by atoms with Crippen molar-refractivity contribution in [2.45, 2.75) is 63.3 Å². The van der Waals surface area contributed by atoms with Crippen LogP contribution >= 0.6 is 0 Å². The van der Waals surface area contributed by atoms with E-state index in [0.717, 1.165) is 24.1 Å². The molecule has 0 aliphatic heterocycles. The van der Waals surface area contributed by atoms with E-state index < -0.39 is 30.1 Å². The quantitative estimate of drug-likeness (QED) is 0.385. The first-order valence-electron chi connectivity index (χ1n) is 9.47. The molecule has 0 spiro atoms. The summed E-state index contributed by atoms with van der Waals surface area (Å²) in [6, 6.07) is 8.27. The van der Waals surface area contributed by atoms with Crippen molar-refractivity contribution in [2.75, 3.05) is 0 Å². The number of esters is 2. The van der Waals surface area contributed by atoms with Gasteiger partial charge in [0.15, 0.2) is 0 Å². The SMILES string of the molecule is C=CC(=O)OC(C)OC1CC2CCC1(OC(C)OC(=O)C=C)c1ccc2cc1. The van der Waals surface area contributed by atoms with Gasteiger partial charge < -0.3 is 18.9 Å². The van der Waals surface area contributed by atoms with Crippen molar-refractivity contribution < 1.29 is 28.5 Å². The highest BCUT2D eigenvalue weighted by Gasteiger charge is 2.50. The van der Waals surface area contributed by atoms with Crippen LogP contribution in [0.4, 0.5) is 0 Å². The minimum Gasteiger partial charge on any atom is -0.433 e. The summed E-state index contributed by atoms with van der Waals surface area (Å²) in [5, 5.41) is 0. The maximum absolute atomic E-state index is 11.6. The van der Waals surface area contributed by atoms with Crippen molar-refractivity contribution >= 4 is 11.9 Å². The zero-order valence-corrected chi connectivity index (χ0v) is 16.3. The average Bonchev–Trinajstić information content (AvgIpc) is 2.67.